The van der Waals surface area contributed by atoms with Crippen LogP contribution in [0.25, 0.3) is 10.1 Å². The highest BCUT2D eigenvalue weighted by molar-refractivity contribution is 9.10. The van der Waals surface area contributed by atoms with Crippen LogP contribution in [0.3, 0.4) is 0 Å². The fraction of sp³-hybridized carbons (Fsp3) is 0.318. The number of nitrogens with zero attached hydrogens (tertiary/aromatic N) is 1. The predicted octanol–water partition coefficient (Wildman–Crippen LogP) is 6.19. The van der Waals surface area contributed by atoms with Gasteiger partial charge in [-0.25, -0.2) is 0 Å². The third kappa shape index (κ3) is 2.87. The Morgan fingerprint density at radius 1 is 1.21 bits per heavy atom. The van der Waals surface area contributed by atoms with Gasteiger partial charge in [0, 0.05) is 38.6 Å². The van der Waals surface area contributed by atoms with Crippen molar-refractivity contribution in [3.8, 4) is 5.75 Å². The molecule has 0 bridgehead atoms. The van der Waals surface area contributed by atoms with E-state index in [1.165, 1.54) is 22.5 Å². The lowest BCUT2D eigenvalue weighted by molar-refractivity contribution is 0.0651. The number of fused-ring (bicyclic) bond motifs is 3. The molecule has 144 valence electrons. The van der Waals surface area contributed by atoms with E-state index >= 15 is 0 Å². The molecule has 0 atom stereocenters. The molecule has 0 unspecified atom stereocenters. The Kier molecular flexibility index (Phi) is 4.45. The van der Waals surface area contributed by atoms with Crippen LogP contribution in [0.15, 0.2) is 40.9 Å². The van der Waals surface area contributed by atoms with Gasteiger partial charge in [-0.15, -0.1) is 11.3 Å². The van der Waals surface area contributed by atoms with Crippen LogP contribution in [0.5, 0.6) is 5.75 Å². The molecule has 6 heteroatoms. The van der Waals surface area contributed by atoms with Gasteiger partial charge in [-0.3, -0.25) is 4.79 Å². The zero-order valence-electron chi connectivity index (χ0n) is 15.4. The van der Waals surface area contributed by atoms with E-state index in [0.29, 0.717) is 16.5 Å². The molecular formula is C22H19BrClNO2S. The number of carbonyl (C=O) groups is 1. The smallest absolute Gasteiger partial charge is 0.265 e. The van der Waals surface area contributed by atoms with Crippen molar-refractivity contribution in [3.63, 3.8) is 0 Å². The highest BCUT2D eigenvalue weighted by Gasteiger charge is 2.44. The Balaban J connectivity index is 1.39. The normalized spacial score (nSPS) is 17.8. The molecule has 3 nitrogen and oxygen atoms in total. The average Bonchev–Trinajstić information content (AvgIpc) is 3.20. The molecule has 1 aromatic heterocycles. The molecule has 0 saturated carbocycles. The molecule has 0 radical (unpaired) electrons. The van der Waals surface area contributed by atoms with Gasteiger partial charge in [-0.2, -0.15) is 0 Å². The van der Waals surface area contributed by atoms with E-state index in [4.69, 9.17) is 16.3 Å². The van der Waals surface area contributed by atoms with Crippen LogP contribution in [-0.2, 0) is 5.41 Å². The van der Waals surface area contributed by atoms with Gasteiger partial charge in [-0.1, -0.05) is 51.3 Å². The Hall–Kier alpha value is -1.56. The summed E-state index contributed by atoms with van der Waals surface area (Å²) in [6.45, 7) is 4.28. The standard InChI is InChI=1S/C22H19BrClNO2S/c1-13-2-5-17-16(10-13)22(12-27-17)6-8-25(9-7-22)21(26)20-19(24)15-4-3-14(23)11-18(15)28-20/h2-5,10-11H,6-9,12H2,1H3. The molecule has 2 aliphatic heterocycles. The molecule has 3 heterocycles. The Labute approximate surface area is 181 Å². The number of thiophene rings is 1. The molecule has 28 heavy (non-hydrogen) atoms. The van der Waals surface area contributed by atoms with Gasteiger partial charge in [0.15, 0.2) is 0 Å². The minimum absolute atomic E-state index is 0.0347. The number of hydrogen-bond donors (Lipinski definition) is 0. The second kappa shape index (κ2) is 6.75. The zero-order valence-corrected chi connectivity index (χ0v) is 18.6. The van der Waals surface area contributed by atoms with Crippen molar-refractivity contribution in [2.75, 3.05) is 19.7 Å². The topological polar surface area (TPSA) is 29.5 Å². The van der Waals surface area contributed by atoms with Gasteiger partial charge < -0.3 is 9.64 Å². The highest BCUT2D eigenvalue weighted by Crippen LogP contribution is 2.46. The molecule has 0 aliphatic carbocycles. The number of carbonyl (C=O) groups excluding carboxylic acids is 1. The van der Waals surface area contributed by atoms with E-state index in [9.17, 15) is 4.79 Å². The van der Waals surface area contributed by atoms with E-state index in [2.05, 4.69) is 41.1 Å². The van der Waals surface area contributed by atoms with Crippen LogP contribution >= 0.6 is 38.9 Å². The SMILES string of the molecule is Cc1ccc2c(c1)C1(CCN(C(=O)c3sc4cc(Br)ccc4c3Cl)CC1)CO2. The maximum atomic E-state index is 13.2. The maximum Gasteiger partial charge on any atom is 0.265 e. The lowest BCUT2D eigenvalue weighted by Crippen LogP contribution is -2.45. The minimum Gasteiger partial charge on any atom is -0.492 e. The molecule has 1 spiro atoms. The summed E-state index contributed by atoms with van der Waals surface area (Å²) in [6.07, 6.45) is 1.84. The van der Waals surface area contributed by atoms with Crippen molar-refractivity contribution in [2.45, 2.75) is 25.2 Å². The quantitative estimate of drug-likeness (QED) is 0.419. The van der Waals surface area contributed by atoms with Crippen LogP contribution < -0.4 is 4.74 Å². The Bertz CT molecular complexity index is 1100. The van der Waals surface area contributed by atoms with E-state index in [0.717, 1.165) is 46.2 Å². The average molecular weight is 477 g/mol. The first kappa shape index (κ1) is 18.5. The Morgan fingerprint density at radius 3 is 2.79 bits per heavy atom. The van der Waals surface area contributed by atoms with Crippen LogP contribution in [0, 0.1) is 6.92 Å². The number of ether oxygens (including phenoxy) is 1. The summed E-state index contributed by atoms with van der Waals surface area (Å²) in [5.74, 6) is 1.05. The summed E-state index contributed by atoms with van der Waals surface area (Å²) >= 11 is 11.5. The summed E-state index contributed by atoms with van der Waals surface area (Å²) in [5, 5.41) is 1.52. The fourth-order valence-corrected chi connectivity index (χ4v) is 6.38. The van der Waals surface area contributed by atoms with E-state index in [-0.39, 0.29) is 11.3 Å². The van der Waals surface area contributed by atoms with Gasteiger partial charge in [0.05, 0.1) is 11.6 Å². The minimum atomic E-state index is 0.0347. The van der Waals surface area contributed by atoms with E-state index in [1.54, 1.807) is 0 Å². The lowest BCUT2D eigenvalue weighted by Gasteiger charge is -2.38. The Morgan fingerprint density at radius 2 is 2.00 bits per heavy atom. The molecular weight excluding hydrogens is 458 g/mol. The van der Waals surface area contributed by atoms with Crippen LogP contribution in [0.4, 0.5) is 0 Å². The molecule has 5 rings (SSSR count). The highest BCUT2D eigenvalue weighted by atomic mass is 79.9. The lowest BCUT2D eigenvalue weighted by atomic mass is 9.74. The molecule has 1 saturated heterocycles. The van der Waals surface area contributed by atoms with Gasteiger partial charge in [-0.05, 0) is 38.0 Å². The number of amides is 1. The second-order valence-electron chi connectivity index (χ2n) is 7.75. The van der Waals surface area contributed by atoms with Crippen LogP contribution in [-0.4, -0.2) is 30.5 Å². The van der Waals surface area contributed by atoms with Gasteiger partial charge in [0.2, 0.25) is 0 Å². The van der Waals surface area contributed by atoms with Gasteiger partial charge in [0.1, 0.15) is 10.6 Å². The predicted molar refractivity (Wildman–Crippen MR) is 118 cm³/mol. The summed E-state index contributed by atoms with van der Waals surface area (Å²) in [7, 11) is 0. The van der Waals surface area contributed by atoms with Crippen LogP contribution in [0.2, 0.25) is 5.02 Å². The van der Waals surface area contributed by atoms with E-state index in [1.807, 2.05) is 23.1 Å². The third-order valence-electron chi connectivity index (χ3n) is 6.00. The number of piperidine rings is 1. The first-order chi connectivity index (χ1) is 13.5. The number of halogens is 2. The van der Waals surface area contributed by atoms with Crippen molar-refractivity contribution in [1.82, 2.24) is 4.90 Å². The number of rotatable bonds is 1. The third-order valence-corrected chi connectivity index (χ3v) is 8.14. The van der Waals surface area contributed by atoms with Crippen molar-refractivity contribution >= 4 is 54.9 Å². The largest absolute Gasteiger partial charge is 0.492 e. The second-order valence-corrected chi connectivity index (χ2v) is 10.1. The van der Waals surface area contributed by atoms with Crippen molar-refractivity contribution in [3.05, 3.63) is 61.9 Å². The van der Waals surface area contributed by atoms with Crippen molar-refractivity contribution < 1.29 is 9.53 Å². The maximum absolute atomic E-state index is 13.2. The summed E-state index contributed by atoms with van der Waals surface area (Å²) in [6, 6.07) is 12.4. The van der Waals surface area contributed by atoms with E-state index < -0.39 is 0 Å². The molecule has 0 N–H and O–H groups in total. The first-order valence-electron chi connectivity index (χ1n) is 9.38. The first-order valence-corrected chi connectivity index (χ1v) is 11.4. The fourth-order valence-electron chi connectivity index (χ4n) is 4.35. The number of aryl methyl sites for hydroxylation is 1. The summed E-state index contributed by atoms with van der Waals surface area (Å²) in [5.41, 5.74) is 2.60. The number of likely N-dealkylation sites (tertiary alicyclic amines) is 1. The molecule has 3 aromatic rings. The molecule has 2 aliphatic rings. The summed E-state index contributed by atoms with van der Waals surface area (Å²) in [4.78, 5) is 15.8. The zero-order chi connectivity index (χ0) is 19.5. The van der Waals surface area contributed by atoms with Crippen LogP contribution in [0.1, 0.15) is 33.6 Å². The molecule has 2 aromatic carbocycles. The number of hydrogen-bond acceptors (Lipinski definition) is 3. The monoisotopic (exact) mass is 475 g/mol. The molecule has 1 fully saturated rings. The van der Waals surface area contributed by atoms with Crippen molar-refractivity contribution in [1.29, 1.82) is 0 Å². The van der Waals surface area contributed by atoms with Gasteiger partial charge >= 0.3 is 0 Å². The van der Waals surface area contributed by atoms with Crippen molar-refractivity contribution in [2.24, 2.45) is 0 Å². The molecule has 1 amide bonds. The van der Waals surface area contributed by atoms with Gasteiger partial charge in [0.25, 0.3) is 5.91 Å². The summed E-state index contributed by atoms with van der Waals surface area (Å²) < 4.78 is 8.00. The number of benzene rings is 2.